The summed E-state index contributed by atoms with van der Waals surface area (Å²) in [5.74, 6) is 0.910. The molecule has 1 saturated heterocycles. The Hall–Kier alpha value is -1.10. The van der Waals surface area contributed by atoms with Crippen molar-refractivity contribution < 1.29 is 9.47 Å². The van der Waals surface area contributed by atoms with Crippen molar-refractivity contribution in [3.05, 3.63) is 29.8 Å². The van der Waals surface area contributed by atoms with E-state index < -0.39 is 0 Å². The maximum atomic E-state index is 5.62. The number of hydrogen-bond acceptors (Lipinski definition) is 4. The summed E-state index contributed by atoms with van der Waals surface area (Å²) in [6.07, 6.45) is 2.83. The van der Waals surface area contributed by atoms with E-state index in [9.17, 15) is 0 Å². The van der Waals surface area contributed by atoms with Gasteiger partial charge in [-0.3, -0.25) is 4.90 Å². The van der Waals surface area contributed by atoms with Crippen LogP contribution in [0.1, 0.15) is 25.3 Å². The normalized spacial score (nSPS) is 19.9. The summed E-state index contributed by atoms with van der Waals surface area (Å²) in [4.78, 5) is 2.37. The molecule has 118 valence electrons. The minimum atomic E-state index is 0.420. The molecular formula is C17H28N2O2. The Kier molecular flexibility index (Phi) is 6.49. The van der Waals surface area contributed by atoms with Gasteiger partial charge in [0.15, 0.2) is 0 Å². The van der Waals surface area contributed by atoms with Crippen LogP contribution in [0.3, 0.4) is 0 Å². The van der Waals surface area contributed by atoms with Gasteiger partial charge in [0.1, 0.15) is 5.75 Å². The molecule has 1 fully saturated rings. The molecule has 2 unspecified atom stereocenters. The smallest absolute Gasteiger partial charge is 0.118 e. The first kappa shape index (κ1) is 16.3. The number of hydrogen-bond donors (Lipinski definition) is 1. The minimum Gasteiger partial charge on any atom is -0.497 e. The summed E-state index contributed by atoms with van der Waals surface area (Å²) in [5.41, 5.74) is 1.31. The van der Waals surface area contributed by atoms with Gasteiger partial charge in [0.25, 0.3) is 0 Å². The van der Waals surface area contributed by atoms with Crippen molar-refractivity contribution in [2.45, 2.75) is 38.5 Å². The van der Waals surface area contributed by atoms with Crippen LogP contribution in [0.2, 0.25) is 0 Å². The zero-order valence-corrected chi connectivity index (χ0v) is 13.5. The lowest BCUT2D eigenvalue weighted by Crippen LogP contribution is -2.39. The maximum absolute atomic E-state index is 5.62. The van der Waals surface area contributed by atoms with E-state index in [1.807, 2.05) is 12.1 Å². The Balaban J connectivity index is 1.69. The van der Waals surface area contributed by atoms with Gasteiger partial charge in [-0.15, -0.1) is 0 Å². The van der Waals surface area contributed by atoms with Gasteiger partial charge in [0, 0.05) is 32.3 Å². The Morgan fingerprint density at radius 1 is 1.38 bits per heavy atom. The zero-order chi connectivity index (χ0) is 15.1. The van der Waals surface area contributed by atoms with Gasteiger partial charge in [-0.25, -0.2) is 0 Å². The van der Waals surface area contributed by atoms with Crippen molar-refractivity contribution in [2.24, 2.45) is 0 Å². The predicted molar refractivity (Wildman–Crippen MR) is 85.8 cm³/mol. The van der Waals surface area contributed by atoms with E-state index >= 15 is 0 Å². The van der Waals surface area contributed by atoms with E-state index in [1.165, 1.54) is 18.4 Å². The highest BCUT2D eigenvalue weighted by Crippen LogP contribution is 2.13. The van der Waals surface area contributed by atoms with Crippen LogP contribution >= 0.6 is 0 Å². The highest BCUT2D eigenvalue weighted by atomic mass is 16.5. The van der Waals surface area contributed by atoms with E-state index in [1.54, 1.807) is 7.11 Å². The zero-order valence-electron chi connectivity index (χ0n) is 13.5. The molecule has 0 aromatic heterocycles. The SMILES string of the molecule is COc1ccc(CN(C)C(C)CNCC2CCCO2)cc1. The summed E-state index contributed by atoms with van der Waals surface area (Å²) in [6.45, 7) is 6.10. The van der Waals surface area contributed by atoms with Gasteiger partial charge in [0.2, 0.25) is 0 Å². The third kappa shape index (κ3) is 5.30. The molecule has 1 aliphatic rings. The molecule has 1 aromatic rings. The molecule has 0 spiro atoms. The number of rotatable bonds is 8. The molecule has 0 saturated carbocycles. The second-order valence-electron chi connectivity index (χ2n) is 5.91. The summed E-state index contributed by atoms with van der Waals surface area (Å²) in [5, 5.41) is 3.53. The van der Waals surface area contributed by atoms with Crippen LogP contribution in [0.15, 0.2) is 24.3 Å². The fraction of sp³-hybridized carbons (Fsp3) is 0.647. The first-order chi connectivity index (χ1) is 10.2. The largest absolute Gasteiger partial charge is 0.497 e. The standard InChI is InChI=1S/C17H28N2O2/c1-14(11-18-12-17-5-4-10-21-17)19(2)13-15-6-8-16(20-3)9-7-15/h6-9,14,17-18H,4-5,10-13H2,1-3H3. The molecule has 1 heterocycles. The van der Waals surface area contributed by atoms with E-state index in [-0.39, 0.29) is 0 Å². The minimum absolute atomic E-state index is 0.420. The lowest BCUT2D eigenvalue weighted by atomic mass is 10.2. The fourth-order valence-corrected chi connectivity index (χ4v) is 2.59. The van der Waals surface area contributed by atoms with Gasteiger partial charge in [-0.05, 0) is 44.5 Å². The van der Waals surface area contributed by atoms with Crippen molar-refractivity contribution >= 4 is 0 Å². The Morgan fingerprint density at radius 2 is 2.14 bits per heavy atom. The topological polar surface area (TPSA) is 33.7 Å². The molecule has 2 rings (SSSR count). The van der Waals surface area contributed by atoms with Crippen molar-refractivity contribution in [3.63, 3.8) is 0 Å². The number of methoxy groups -OCH3 is 1. The fourth-order valence-electron chi connectivity index (χ4n) is 2.59. The lowest BCUT2D eigenvalue weighted by Gasteiger charge is -2.25. The lowest BCUT2D eigenvalue weighted by molar-refractivity contribution is 0.108. The summed E-state index contributed by atoms with van der Waals surface area (Å²) in [6, 6.07) is 8.78. The number of nitrogens with one attached hydrogen (secondary N) is 1. The number of benzene rings is 1. The van der Waals surface area contributed by atoms with E-state index in [0.717, 1.165) is 32.0 Å². The third-order valence-corrected chi connectivity index (χ3v) is 4.18. The van der Waals surface area contributed by atoms with Gasteiger partial charge in [-0.2, -0.15) is 0 Å². The second kappa shape index (κ2) is 8.37. The van der Waals surface area contributed by atoms with Crippen LogP contribution in [0, 0.1) is 0 Å². The Labute approximate surface area is 128 Å². The Bertz CT molecular complexity index is 402. The van der Waals surface area contributed by atoms with E-state index in [4.69, 9.17) is 9.47 Å². The van der Waals surface area contributed by atoms with Crippen LogP contribution in [-0.2, 0) is 11.3 Å². The molecule has 21 heavy (non-hydrogen) atoms. The third-order valence-electron chi connectivity index (χ3n) is 4.18. The van der Waals surface area contributed by atoms with Gasteiger partial charge < -0.3 is 14.8 Å². The molecule has 1 N–H and O–H groups in total. The average molecular weight is 292 g/mol. The highest BCUT2D eigenvalue weighted by molar-refractivity contribution is 5.27. The van der Waals surface area contributed by atoms with Crippen molar-refractivity contribution in [1.29, 1.82) is 0 Å². The van der Waals surface area contributed by atoms with Crippen LogP contribution in [0.4, 0.5) is 0 Å². The van der Waals surface area contributed by atoms with Gasteiger partial charge in [0.05, 0.1) is 13.2 Å². The van der Waals surface area contributed by atoms with Crippen LogP contribution in [-0.4, -0.2) is 50.9 Å². The first-order valence-electron chi connectivity index (χ1n) is 7.84. The molecule has 4 nitrogen and oxygen atoms in total. The quantitative estimate of drug-likeness (QED) is 0.797. The Morgan fingerprint density at radius 3 is 2.76 bits per heavy atom. The molecule has 1 aromatic carbocycles. The molecule has 0 amide bonds. The van der Waals surface area contributed by atoms with Gasteiger partial charge >= 0.3 is 0 Å². The van der Waals surface area contributed by atoms with Crippen molar-refractivity contribution in [2.75, 3.05) is 33.9 Å². The van der Waals surface area contributed by atoms with Crippen LogP contribution in [0.5, 0.6) is 5.75 Å². The molecule has 1 aliphatic heterocycles. The predicted octanol–water partition coefficient (Wildman–Crippen LogP) is 2.28. The average Bonchev–Trinajstić information content (AvgIpc) is 3.01. The summed E-state index contributed by atoms with van der Waals surface area (Å²) >= 11 is 0. The number of nitrogens with zero attached hydrogens (tertiary/aromatic N) is 1. The van der Waals surface area contributed by atoms with Crippen molar-refractivity contribution in [3.8, 4) is 5.75 Å². The molecule has 0 bridgehead atoms. The molecule has 2 atom stereocenters. The number of ether oxygens (including phenoxy) is 2. The molecule has 4 heteroatoms. The monoisotopic (exact) mass is 292 g/mol. The highest BCUT2D eigenvalue weighted by Gasteiger charge is 2.16. The summed E-state index contributed by atoms with van der Waals surface area (Å²) in [7, 11) is 3.87. The second-order valence-corrected chi connectivity index (χ2v) is 5.91. The first-order valence-corrected chi connectivity index (χ1v) is 7.84. The molecular weight excluding hydrogens is 264 g/mol. The van der Waals surface area contributed by atoms with E-state index in [2.05, 4.69) is 36.3 Å². The molecule has 0 radical (unpaired) electrons. The summed E-state index contributed by atoms with van der Waals surface area (Å²) < 4.78 is 10.8. The number of likely N-dealkylation sites (N-methyl/N-ethyl adjacent to an activating group) is 1. The molecule has 0 aliphatic carbocycles. The van der Waals surface area contributed by atoms with Gasteiger partial charge in [-0.1, -0.05) is 12.1 Å². The van der Waals surface area contributed by atoms with E-state index in [0.29, 0.717) is 12.1 Å². The van der Waals surface area contributed by atoms with Crippen LogP contribution in [0.25, 0.3) is 0 Å². The van der Waals surface area contributed by atoms with Crippen LogP contribution < -0.4 is 10.1 Å². The maximum Gasteiger partial charge on any atom is 0.118 e. The van der Waals surface area contributed by atoms with Crippen molar-refractivity contribution in [1.82, 2.24) is 10.2 Å².